The minimum atomic E-state index is -0.766. The molecule has 0 radical (unpaired) electrons. The van der Waals surface area contributed by atoms with Gasteiger partial charge in [0.25, 0.3) is 5.91 Å². The largest absolute Gasteiger partial charge is 0.493 e. The van der Waals surface area contributed by atoms with Gasteiger partial charge in [0.2, 0.25) is 0 Å². The molecule has 0 saturated heterocycles. The molecule has 1 aliphatic rings. The third-order valence-electron chi connectivity index (χ3n) is 5.50. The van der Waals surface area contributed by atoms with Crippen LogP contribution in [0, 0.1) is 3.57 Å². The Morgan fingerprint density at radius 1 is 1.08 bits per heavy atom. The van der Waals surface area contributed by atoms with E-state index in [1.165, 1.54) is 20.4 Å². The lowest BCUT2D eigenvalue weighted by Crippen LogP contribution is -2.45. The van der Waals surface area contributed by atoms with Gasteiger partial charge >= 0.3 is 12.0 Å². The van der Waals surface area contributed by atoms with Gasteiger partial charge in [-0.3, -0.25) is 4.79 Å². The van der Waals surface area contributed by atoms with E-state index in [-0.39, 0.29) is 24.5 Å². The second-order valence-electron chi connectivity index (χ2n) is 8.02. The molecule has 0 saturated carbocycles. The minimum Gasteiger partial charge on any atom is -0.493 e. The zero-order valence-corrected chi connectivity index (χ0v) is 24.2. The molecule has 2 aromatic rings. The molecule has 1 heterocycles. The molecule has 12 nitrogen and oxygen atoms in total. The number of nitrogens with one attached hydrogen (secondary N) is 3. The predicted octanol–water partition coefficient (Wildman–Crippen LogP) is 3.04. The van der Waals surface area contributed by atoms with E-state index < -0.39 is 23.9 Å². The van der Waals surface area contributed by atoms with Crippen molar-refractivity contribution in [1.82, 2.24) is 16.1 Å². The molecular formula is C26H29IN4O8. The Morgan fingerprint density at radius 3 is 2.49 bits per heavy atom. The zero-order valence-electron chi connectivity index (χ0n) is 22.0. The van der Waals surface area contributed by atoms with Gasteiger partial charge < -0.3 is 34.3 Å². The van der Waals surface area contributed by atoms with Crippen molar-refractivity contribution in [2.24, 2.45) is 5.10 Å². The molecule has 39 heavy (non-hydrogen) atoms. The molecule has 3 amide bonds. The normalized spacial score (nSPS) is 14.8. The molecule has 3 rings (SSSR count). The second-order valence-corrected chi connectivity index (χ2v) is 9.18. The molecule has 1 atom stereocenters. The lowest BCUT2D eigenvalue weighted by Gasteiger charge is -2.28. The molecule has 0 aromatic heterocycles. The quantitative estimate of drug-likeness (QED) is 0.145. The van der Waals surface area contributed by atoms with Gasteiger partial charge in [0, 0.05) is 5.70 Å². The second kappa shape index (κ2) is 13.7. The molecule has 0 unspecified atom stereocenters. The number of urea groups is 1. The average molecular weight is 652 g/mol. The van der Waals surface area contributed by atoms with E-state index in [0.717, 1.165) is 3.57 Å². The van der Waals surface area contributed by atoms with Crippen LogP contribution >= 0.6 is 22.6 Å². The zero-order chi connectivity index (χ0) is 28.5. The fraction of sp³-hybridized carbons (Fsp3) is 0.308. The summed E-state index contributed by atoms with van der Waals surface area (Å²) in [6.07, 6.45) is 1.47. The Balaban J connectivity index is 1.68. The number of ether oxygens (including phenoxy) is 5. The molecule has 0 bridgehead atoms. The standard InChI is InChI=1S/C26H29IN4O8/c1-6-38-25(33)22-14(2)29-26(34)30-23(22)16-7-8-18(19(11-16)35-3)39-13-21(32)31-28-12-15-9-17(27)24(37-5)20(10-15)36-4/h7-12,23H,6,13H2,1-5H3,(H,31,32)(H2,29,30,34)/b28-12-/t23-/m1/s1. The van der Waals surface area contributed by atoms with Crippen molar-refractivity contribution in [3.05, 3.63) is 56.3 Å². The maximum Gasteiger partial charge on any atom is 0.338 e. The number of hydrogen-bond donors (Lipinski definition) is 3. The predicted molar refractivity (Wildman–Crippen MR) is 150 cm³/mol. The van der Waals surface area contributed by atoms with Crippen molar-refractivity contribution >= 4 is 46.7 Å². The summed E-state index contributed by atoms with van der Waals surface area (Å²) in [5.41, 5.74) is 4.33. The van der Waals surface area contributed by atoms with Gasteiger partial charge in [-0.1, -0.05) is 6.07 Å². The summed E-state index contributed by atoms with van der Waals surface area (Å²) in [6, 6.07) is 7.21. The van der Waals surface area contributed by atoms with E-state index in [1.807, 2.05) is 6.07 Å². The number of hydrazone groups is 1. The number of carbonyl (C=O) groups excluding carboxylic acids is 3. The van der Waals surface area contributed by atoms with E-state index in [2.05, 4.69) is 43.8 Å². The monoisotopic (exact) mass is 652 g/mol. The van der Waals surface area contributed by atoms with E-state index >= 15 is 0 Å². The Bertz CT molecular complexity index is 1310. The van der Waals surface area contributed by atoms with Gasteiger partial charge in [-0.05, 0) is 71.8 Å². The van der Waals surface area contributed by atoms with Gasteiger partial charge in [-0.2, -0.15) is 5.10 Å². The van der Waals surface area contributed by atoms with Crippen LogP contribution in [0.2, 0.25) is 0 Å². The van der Waals surface area contributed by atoms with Crippen LogP contribution in [0.15, 0.2) is 46.7 Å². The average Bonchev–Trinajstić information content (AvgIpc) is 2.91. The van der Waals surface area contributed by atoms with Crippen molar-refractivity contribution in [2.45, 2.75) is 19.9 Å². The first kappa shape index (κ1) is 29.5. The maximum atomic E-state index is 12.6. The molecule has 3 N–H and O–H groups in total. The SMILES string of the molecule is CCOC(=O)C1=C(C)NC(=O)N[C@@H]1c1ccc(OCC(=O)N/N=C\c2cc(I)c(OC)c(OC)c2)c(OC)c1. The summed E-state index contributed by atoms with van der Waals surface area (Å²) < 4.78 is 27.7. The van der Waals surface area contributed by atoms with Crippen LogP contribution in [0.3, 0.4) is 0 Å². The van der Waals surface area contributed by atoms with Crippen LogP contribution < -0.4 is 35.0 Å². The number of nitrogens with zero attached hydrogens (tertiary/aromatic N) is 1. The number of hydrogen-bond acceptors (Lipinski definition) is 9. The number of allylic oxidation sites excluding steroid dienone is 1. The van der Waals surface area contributed by atoms with Crippen molar-refractivity contribution in [3.8, 4) is 23.0 Å². The highest BCUT2D eigenvalue weighted by Gasteiger charge is 2.32. The van der Waals surface area contributed by atoms with Crippen LogP contribution in [0.1, 0.15) is 31.0 Å². The van der Waals surface area contributed by atoms with Crippen molar-refractivity contribution in [1.29, 1.82) is 0 Å². The Kier molecular flexibility index (Phi) is 10.4. The highest BCUT2D eigenvalue weighted by molar-refractivity contribution is 14.1. The van der Waals surface area contributed by atoms with Crippen LogP contribution in [-0.2, 0) is 14.3 Å². The van der Waals surface area contributed by atoms with E-state index in [4.69, 9.17) is 23.7 Å². The topological polar surface area (TPSA) is 146 Å². The molecule has 1 aliphatic heterocycles. The van der Waals surface area contributed by atoms with Gasteiger partial charge in [-0.15, -0.1) is 0 Å². The van der Waals surface area contributed by atoms with E-state index in [0.29, 0.717) is 34.1 Å². The van der Waals surface area contributed by atoms with Crippen molar-refractivity contribution < 1.29 is 38.1 Å². The van der Waals surface area contributed by atoms with Gasteiger partial charge in [0.15, 0.2) is 29.6 Å². The first-order valence-electron chi connectivity index (χ1n) is 11.7. The van der Waals surface area contributed by atoms with Crippen LogP contribution in [0.5, 0.6) is 23.0 Å². The number of benzene rings is 2. The molecule has 13 heteroatoms. The van der Waals surface area contributed by atoms with E-state index in [1.54, 1.807) is 45.2 Å². The first-order chi connectivity index (χ1) is 18.7. The smallest absolute Gasteiger partial charge is 0.338 e. The number of carbonyl (C=O) groups is 3. The van der Waals surface area contributed by atoms with Crippen LogP contribution in [-0.4, -0.2) is 58.7 Å². The molecule has 0 aliphatic carbocycles. The maximum absolute atomic E-state index is 12.6. The molecule has 208 valence electrons. The van der Waals surface area contributed by atoms with Gasteiger partial charge in [-0.25, -0.2) is 15.0 Å². The number of amides is 3. The van der Waals surface area contributed by atoms with Crippen molar-refractivity contribution in [3.63, 3.8) is 0 Å². The Morgan fingerprint density at radius 2 is 1.82 bits per heavy atom. The number of halogens is 1. The lowest BCUT2D eigenvalue weighted by molar-refractivity contribution is -0.139. The minimum absolute atomic E-state index is 0.187. The molecular weight excluding hydrogens is 623 g/mol. The summed E-state index contributed by atoms with van der Waals surface area (Å²) in [6.45, 7) is 3.17. The lowest BCUT2D eigenvalue weighted by atomic mass is 9.95. The fourth-order valence-electron chi connectivity index (χ4n) is 3.77. The Hall–Kier alpha value is -4.01. The third-order valence-corrected chi connectivity index (χ3v) is 6.30. The fourth-order valence-corrected chi connectivity index (χ4v) is 4.62. The van der Waals surface area contributed by atoms with Gasteiger partial charge in [0.05, 0.1) is 49.3 Å². The highest BCUT2D eigenvalue weighted by Crippen LogP contribution is 2.35. The third kappa shape index (κ3) is 7.31. The van der Waals surface area contributed by atoms with Crippen molar-refractivity contribution in [2.75, 3.05) is 34.5 Å². The van der Waals surface area contributed by atoms with E-state index in [9.17, 15) is 14.4 Å². The van der Waals surface area contributed by atoms with Crippen LogP contribution in [0.4, 0.5) is 4.79 Å². The van der Waals surface area contributed by atoms with Gasteiger partial charge in [0.1, 0.15) is 0 Å². The first-order valence-corrected chi connectivity index (χ1v) is 12.8. The van der Waals surface area contributed by atoms with Crippen LogP contribution in [0.25, 0.3) is 0 Å². The Labute approximate surface area is 239 Å². The molecule has 0 fully saturated rings. The summed E-state index contributed by atoms with van der Waals surface area (Å²) in [4.78, 5) is 37.0. The summed E-state index contributed by atoms with van der Waals surface area (Å²) in [5, 5.41) is 9.28. The number of rotatable bonds is 11. The highest BCUT2D eigenvalue weighted by atomic mass is 127. The number of methoxy groups -OCH3 is 3. The number of esters is 1. The summed E-state index contributed by atoms with van der Waals surface area (Å²) in [7, 11) is 4.53. The molecule has 2 aromatic carbocycles. The molecule has 0 spiro atoms. The summed E-state index contributed by atoms with van der Waals surface area (Å²) >= 11 is 2.12. The summed E-state index contributed by atoms with van der Waals surface area (Å²) in [5.74, 6) is 0.692.